The van der Waals surface area contributed by atoms with E-state index in [1.54, 1.807) is 13.8 Å². The molecule has 9 heteroatoms. The fourth-order valence-electron chi connectivity index (χ4n) is 1.99. The maximum Gasteiger partial charge on any atom is 0.315 e. The highest BCUT2D eigenvalue weighted by atomic mass is 19.2. The number of rotatable bonds is 5. The van der Waals surface area contributed by atoms with Gasteiger partial charge >= 0.3 is 6.03 Å². The second-order valence-corrected chi connectivity index (χ2v) is 5.11. The van der Waals surface area contributed by atoms with Crippen molar-refractivity contribution in [3.05, 3.63) is 52.5 Å². The highest BCUT2D eigenvalue weighted by Gasteiger charge is 2.19. The van der Waals surface area contributed by atoms with Crippen LogP contribution >= 0.6 is 0 Å². The summed E-state index contributed by atoms with van der Waals surface area (Å²) in [5.41, 5.74) is 0.588. The average Bonchev–Trinajstić information content (AvgIpc) is 2.86. The van der Waals surface area contributed by atoms with Crippen LogP contribution in [0.4, 0.5) is 18.0 Å². The fourth-order valence-corrected chi connectivity index (χ4v) is 1.99. The number of aromatic nitrogens is 1. The van der Waals surface area contributed by atoms with Crippen molar-refractivity contribution >= 4 is 6.03 Å². The van der Waals surface area contributed by atoms with Crippen LogP contribution in [0.5, 0.6) is 0 Å². The first-order valence-corrected chi connectivity index (χ1v) is 7.04. The lowest BCUT2D eigenvalue weighted by Gasteiger charge is -2.17. The van der Waals surface area contributed by atoms with E-state index in [1.807, 2.05) is 0 Å². The highest BCUT2D eigenvalue weighted by Crippen LogP contribution is 2.19. The number of amides is 2. The lowest BCUT2D eigenvalue weighted by atomic mass is 10.1. The van der Waals surface area contributed by atoms with E-state index < -0.39 is 36.1 Å². The summed E-state index contributed by atoms with van der Waals surface area (Å²) in [5.74, 6) is -3.51. The Morgan fingerprint density at radius 2 is 1.92 bits per heavy atom. The van der Waals surface area contributed by atoms with Crippen LogP contribution < -0.4 is 10.6 Å². The van der Waals surface area contributed by atoms with Crippen LogP contribution in [0.3, 0.4) is 0 Å². The number of nitrogens with zero attached hydrogens (tertiary/aromatic N) is 1. The standard InChI is InChI=1S/C15H16F3N3O3/c1-7-8(2)24-13(20-7)5-19-15(23)21-12(6-22)9-3-10(16)14(18)11(17)4-9/h3-4,12,22H,5-6H2,1-2H3,(H2,19,21,23). The number of nitrogens with one attached hydrogen (secondary N) is 2. The molecular weight excluding hydrogens is 327 g/mol. The van der Waals surface area contributed by atoms with Gasteiger partial charge in [0.25, 0.3) is 0 Å². The third-order valence-corrected chi connectivity index (χ3v) is 3.37. The quantitative estimate of drug-likeness (QED) is 0.727. The molecule has 2 amide bonds. The van der Waals surface area contributed by atoms with Crippen molar-refractivity contribution < 1.29 is 27.5 Å². The molecule has 1 aromatic carbocycles. The number of aliphatic hydroxyl groups excluding tert-OH is 1. The van der Waals surface area contributed by atoms with Crippen LogP contribution in [0, 0.1) is 31.3 Å². The number of urea groups is 1. The summed E-state index contributed by atoms with van der Waals surface area (Å²) >= 11 is 0. The Labute approximate surface area is 135 Å². The van der Waals surface area contributed by atoms with Crippen LogP contribution in [0.2, 0.25) is 0 Å². The van der Waals surface area contributed by atoms with E-state index >= 15 is 0 Å². The lowest BCUT2D eigenvalue weighted by molar-refractivity contribution is 0.215. The maximum atomic E-state index is 13.2. The Morgan fingerprint density at radius 1 is 1.29 bits per heavy atom. The Kier molecular flexibility index (Phi) is 5.45. The molecule has 0 saturated heterocycles. The molecule has 1 unspecified atom stereocenters. The van der Waals surface area contributed by atoms with Crippen molar-refractivity contribution in [1.29, 1.82) is 0 Å². The Balaban J connectivity index is 2.00. The van der Waals surface area contributed by atoms with Crippen LogP contribution in [-0.2, 0) is 6.54 Å². The van der Waals surface area contributed by atoms with E-state index in [4.69, 9.17) is 4.42 Å². The molecule has 2 aromatic rings. The summed E-state index contributed by atoms with van der Waals surface area (Å²) in [4.78, 5) is 15.9. The van der Waals surface area contributed by atoms with Gasteiger partial charge in [-0.3, -0.25) is 0 Å². The van der Waals surface area contributed by atoms with Gasteiger partial charge in [0.05, 0.1) is 24.9 Å². The fraction of sp³-hybridized carbons (Fsp3) is 0.333. The SMILES string of the molecule is Cc1nc(CNC(=O)NC(CO)c2cc(F)c(F)c(F)c2)oc1C. The van der Waals surface area contributed by atoms with Gasteiger partial charge in [-0.05, 0) is 31.5 Å². The summed E-state index contributed by atoms with van der Waals surface area (Å²) in [6.07, 6.45) is 0. The van der Waals surface area contributed by atoms with Gasteiger partial charge < -0.3 is 20.2 Å². The number of hydrogen-bond donors (Lipinski definition) is 3. The molecule has 3 N–H and O–H groups in total. The summed E-state index contributed by atoms with van der Waals surface area (Å²) < 4.78 is 44.7. The van der Waals surface area contributed by atoms with Crippen molar-refractivity contribution in [1.82, 2.24) is 15.6 Å². The Morgan fingerprint density at radius 3 is 2.42 bits per heavy atom. The minimum atomic E-state index is -1.62. The number of aliphatic hydroxyl groups is 1. The zero-order valence-corrected chi connectivity index (χ0v) is 13.0. The molecule has 1 atom stereocenters. The van der Waals surface area contributed by atoms with Gasteiger partial charge in [0.1, 0.15) is 5.76 Å². The molecular formula is C15H16F3N3O3. The topological polar surface area (TPSA) is 87.4 Å². The van der Waals surface area contributed by atoms with E-state index in [-0.39, 0.29) is 12.1 Å². The maximum absolute atomic E-state index is 13.2. The minimum absolute atomic E-state index is 0.00913. The molecule has 1 heterocycles. The number of aryl methyl sites for hydroxylation is 2. The van der Waals surface area contributed by atoms with Crippen LogP contribution in [0.15, 0.2) is 16.5 Å². The third kappa shape index (κ3) is 4.05. The molecule has 24 heavy (non-hydrogen) atoms. The van der Waals surface area contributed by atoms with E-state index in [2.05, 4.69) is 15.6 Å². The zero-order chi connectivity index (χ0) is 17.9. The highest BCUT2D eigenvalue weighted by molar-refractivity contribution is 5.74. The number of benzene rings is 1. The molecule has 6 nitrogen and oxygen atoms in total. The van der Waals surface area contributed by atoms with Gasteiger partial charge in [-0.1, -0.05) is 0 Å². The monoisotopic (exact) mass is 343 g/mol. The third-order valence-electron chi connectivity index (χ3n) is 3.37. The summed E-state index contributed by atoms with van der Waals surface area (Å²) in [6, 6.07) is -0.406. The number of oxazole rings is 1. The van der Waals surface area contributed by atoms with Gasteiger partial charge in [0.15, 0.2) is 17.5 Å². The number of hydrogen-bond acceptors (Lipinski definition) is 4. The van der Waals surface area contributed by atoms with Crippen molar-refractivity contribution in [2.75, 3.05) is 6.61 Å². The molecule has 0 aliphatic carbocycles. The van der Waals surface area contributed by atoms with Crippen molar-refractivity contribution in [2.24, 2.45) is 0 Å². The summed E-state index contributed by atoms with van der Waals surface area (Å²) in [5, 5.41) is 14.1. The molecule has 0 fully saturated rings. The van der Waals surface area contributed by atoms with Crippen molar-refractivity contribution in [3.8, 4) is 0 Å². The summed E-state index contributed by atoms with van der Waals surface area (Å²) in [6.45, 7) is 2.84. The van der Waals surface area contributed by atoms with E-state index in [9.17, 15) is 23.1 Å². The van der Waals surface area contributed by atoms with Gasteiger partial charge in [0.2, 0.25) is 5.89 Å². The van der Waals surface area contributed by atoms with Crippen LogP contribution in [0.1, 0.15) is 29.0 Å². The second-order valence-electron chi connectivity index (χ2n) is 5.11. The van der Waals surface area contributed by atoms with E-state index in [0.717, 1.165) is 0 Å². The normalized spacial score (nSPS) is 12.1. The van der Waals surface area contributed by atoms with Crippen molar-refractivity contribution in [3.63, 3.8) is 0 Å². The van der Waals surface area contributed by atoms with Crippen LogP contribution in [-0.4, -0.2) is 22.7 Å². The molecule has 0 spiro atoms. The van der Waals surface area contributed by atoms with Gasteiger partial charge in [-0.15, -0.1) is 0 Å². The lowest BCUT2D eigenvalue weighted by Crippen LogP contribution is -2.39. The second kappa shape index (κ2) is 7.35. The van der Waals surface area contributed by atoms with Crippen molar-refractivity contribution in [2.45, 2.75) is 26.4 Å². The Bertz CT molecular complexity index is 706. The minimum Gasteiger partial charge on any atom is -0.444 e. The number of carbonyl (C=O) groups is 1. The Hall–Kier alpha value is -2.55. The zero-order valence-electron chi connectivity index (χ0n) is 13.0. The molecule has 1 aromatic heterocycles. The number of halogens is 3. The van der Waals surface area contributed by atoms with E-state index in [1.165, 1.54) is 0 Å². The first-order valence-electron chi connectivity index (χ1n) is 7.04. The average molecular weight is 343 g/mol. The molecule has 0 aliphatic rings. The molecule has 0 saturated carbocycles. The molecule has 0 bridgehead atoms. The van der Waals surface area contributed by atoms with Gasteiger partial charge in [0, 0.05) is 0 Å². The molecule has 0 aliphatic heterocycles. The summed E-state index contributed by atoms with van der Waals surface area (Å²) in [7, 11) is 0. The molecule has 2 rings (SSSR count). The predicted molar refractivity (Wildman–Crippen MR) is 77.5 cm³/mol. The molecule has 0 radical (unpaired) electrons. The van der Waals surface area contributed by atoms with Gasteiger partial charge in [-0.25, -0.2) is 22.9 Å². The molecule has 130 valence electrons. The van der Waals surface area contributed by atoms with Gasteiger partial charge in [-0.2, -0.15) is 0 Å². The first-order chi connectivity index (χ1) is 11.3. The van der Waals surface area contributed by atoms with Crippen LogP contribution in [0.25, 0.3) is 0 Å². The largest absolute Gasteiger partial charge is 0.444 e. The number of carbonyl (C=O) groups excluding carboxylic acids is 1. The van der Waals surface area contributed by atoms with E-state index in [0.29, 0.717) is 29.5 Å². The predicted octanol–water partition coefficient (Wildman–Crippen LogP) is 2.24. The smallest absolute Gasteiger partial charge is 0.315 e. The first kappa shape index (κ1) is 17.8.